The largest absolute Gasteiger partial charge is 0.296 e. The Bertz CT molecular complexity index is 365. The van der Waals surface area contributed by atoms with Gasteiger partial charge in [-0.2, -0.15) is 0 Å². The van der Waals surface area contributed by atoms with Crippen LogP contribution in [-0.4, -0.2) is 5.78 Å². The minimum absolute atomic E-state index is 0.0812. The van der Waals surface area contributed by atoms with Crippen LogP contribution < -0.4 is 0 Å². The first kappa shape index (κ1) is 8.95. The van der Waals surface area contributed by atoms with Gasteiger partial charge in [0.05, 0.1) is 6.57 Å². The highest BCUT2D eigenvalue weighted by Gasteiger charge is 2.06. The Morgan fingerprint density at radius 1 is 1.58 bits per heavy atom. The summed E-state index contributed by atoms with van der Waals surface area (Å²) in [5, 5.41) is 0. The quantitative estimate of drug-likeness (QED) is 0.530. The lowest BCUT2D eigenvalue weighted by atomic mass is 10.1. The molecule has 1 rings (SSSR count). The molecule has 0 aliphatic carbocycles. The second kappa shape index (κ2) is 3.51. The van der Waals surface area contributed by atoms with E-state index in [-0.39, 0.29) is 5.78 Å². The third-order valence-corrected chi connectivity index (χ3v) is 1.95. The second-order valence-electron chi connectivity index (χ2n) is 2.33. The topological polar surface area (TPSA) is 21.4 Å². The van der Waals surface area contributed by atoms with Gasteiger partial charge in [0, 0.05) is 10.0 Å². The molecule has 0 aliphatic heterocycles. The minimum Gasteiger partial charge on any atom is -0.296 e. The third kappa shape index (κ3) is 1.72. The van der Waals surface area contributed by atoms with Crippen LogP contribution in [0.25, 0.3) is 4.85 Å². The summed E-state index contributed by atoms with van der Waals surface area (Å²) in [5.74, 6) is -0.0812. The van der Waals surface area contributed by atoms with Crippen molar-refractivity contribution >= 4 is 27.4 Å². The zero-order chi connectivity index (χ0) is 9.14. The maximum atomic E-state index is 11.0. The van der Waals surface area contributed by atoms with E-state index < -0.39 is 0 Å². The molecule has 1 aromatic carbocycles. The van der Waals surface area contributed by atoms with E-state index in [2.05, 4.69) is 20.8 Å². The number of halogens is 1. The van der Waals surface area contributed by atoms with Gasteiger partial charge >= 0.3 is 0 Å². The van der Waals surface area contributed by atoms with Crippen LogP contribution in [0.1, 0.15) is 17.3 Å². The summed E-state index contributed by atoms with van der Waals surface area (Å²) in [4.78, 5) is 14.3. The van der Waals surface area contributed by atoms with Crippen molar-refractivity contribution in [3.8, 4) is 0 Å². The van der Waals surface area contributed by atoms with E-state index in [0.29, 0.717) is 11.3 Å². The van der Waals surface area contributed by atoms with Crippen LogP contribution in [0, 0.1) is 6.57 Å². The smallest absolute Gasteiger partial charge is 0.197 e. The third-order valence-electron chi connectivity index (χ3n) is 1.46. The van der Waals surface area contributed by atoms with E-state index in [1.54, 1.807) is 18.2 Å². The van der Waals surface area contributed by atoms with Crippen LogP contribution in [-0.2, 0) is 0 Å². The summed E-state index contributed by atoms with van der Waals surface area (Å²) in [6.45, 7) is 8.26. The molecule has 0 amide bonds. The highest BCUT2D eigenvalue weighted by molar-refractivity contribution is 9.10. The van der Waals surface area contributed by atoms with Crippen LogP contribution in [0.15, 0.2) is 22.7 Å². The highest BCUT2D eigenvalue weighted by Crippen LogP contribution is 2.23. The van der Waals surface area contributed by atoms with Crippen molar-refractivity contribution in [1.82, 2.24) is 0 Å². The van der Waals surface area contributed by atoms with Crippen LogP contribution in [0.3, 0.4) is 0 Å². The minimum atomic E-state index is -0.0812. The zero-order valence-corrected chi connectivity index (χ0v) is 8.05. The van der Waals surface area contributed by atoms with E-state index in [1.165, 1.54) is 6.92 Å². The SMILES string of the molecule is [C-]#[N+]c1ccc(Br)cc1C(C)=O. The molecule has 0 bridgehead atoms. The van der Waals surface area contributed by atoms with Gasteiger partial charge in [0.1, 0.15) is 5.78 Å². The van der Waals surface area contributed by atoms with Crippen molar-refractivity contribution in [1.29, 1.82) is 0 Å². The molecule has 0 N–H and O–H groups in total. The molecule has 0 spiro atoms. The number of nitrogens with zero attached hydrogens (tertiary/aromatic N) is 1. The molecular weight excluding hydrogens is 218 g/mol. The summed E-state index contributed by atoms with van der Waals surface area (Å²) in [6.07, 6.45) is 0. The molecule has 0 radical (unpaired) electrons. The number of carbonyl (C=O) groups excluding carboxylic acids is 1. The molecule has 0 fully saturated rings. The van der Waals surface area contributed by atoms with Crippen LogP contribution in [0.5, 0.6) is 0 Å². The van der Waals surface area contributed by atoms with Gasteiger partial charge < -0.3 is 0 Å². The van der Waals surface area contributed by atoms with Gasteiger partial charge in [-0.15, -0.1) is 0 Å². The average Bonchev–Trinajstić information content (AvgIpc) is 2.04. The number of ketones is 1. The molecular formula is C9H6BrNO. The molecule has 0 saturated heterocycles. The first-order valence-electron chi connectivity index (χ1n) is 3.33. The highest BCUT2D eigenvalue weighted by atomic mass is 79.9. The lowest BCUT2D eigenvalue weighted by Gasteiger charge is -1.98. The predicted molar refractivity (Wildman–Crippen MR) is 50.4 cm³/mol. The normalized spacial score (nSPS) is 9.08. The molecule has 2 nitrogen and oxygen atoms in total. The van der Waals surface area contributed by atoms with Crippen molar-refractivity contribution in [2.24, 2.45) is 0 Å². The molecule has 0 saturated carbocycles. The van der Waals surface area contributed by atoms with Gasteiger partial charge in [0.25, 0.3) is 0 Å². The van der Waals surface area contributed by atoms with Crippen molar-refractivity contribution in [3.05, 3.63) is 39.7 Å². The van der Waals surface area contributed by atoms with Crippen LogP contribution in [0.4, 0.5) is 5.69 Å². The lowest BCUT2D eigenvalue weighted by Crippen LogP contribution is -1.91. The lowest BCUT2D eigenvalue weighted by molar-refractivity contribution is 0.101. The van der Waals surface area contributed by atoms with E-state index in [1.807, 2.05) is 0 Å². The number of Topliss-reactive ketones (excluding diaryl/α,β-unsaturated/α-hetero) is 1. The predicted octanol–water partition coefficient (Wildman–Crippen LogP) is 3.20. The molecule has 0 aliphatic rings. The van der Waals surface area contributed by atoms with Crippen molar-refractivity contribution in [2.45, 2.75) is 6.92 Å². The van der Waals surface area contributed by atoms with Gasteiger partial charge in [-0.05, 0) is 13.0 Å². The Morgan fingerprint density at radius 3 is 2.75 bits per heavy atom. The molecule has 0 atom stereocenters. The average molecular weight is 224 g/mol. The molecule has 0 unspecified atom stereocenters. The summed E-state index contributed by atoms with van der Waals surface area (Å²) >= 11 is 3.24. The Kier molecular flexibility index (Phi) is 2.61. The van der Waals surface area contributed by atoms with E-state index in [9.17, 15) is 4.79 Å². The van der Waals surface area contributed by atoms with Gasteiger partial charge in [-0.1, -0.05) is 28.1 Å². The molecule has 60 valence electrons. The molecule has 3 heteroatoms. The summed E-state index contributed by atoms with van der Waals surface area (Å²) in [5.41, 5.74) is 0.880. The van der Waals surface area contributed by atoms with Crippen molar-refractivity contribution in [2.75, 3.05) is 0 Å². The van der Waals surface area contributed by atoms with E-state index in [0.717, 1.165) is 4.47 Å². The van der Waals surface area contributed by atoms with Gasteiger partial charge in [0.15, 0.2) is 5.69 Å². The summed E-state index contributed by atoms with van der Waals surface area (Å²) < 4.78 is 0.820. The number of rotatable bonds is 1. The zero-order valence-electron chi connectivity index (χ0n) is 6.47. The van der Waals surface area contributed by atoms with Crippen LogP contribution >= 0.6 is 15.9 Å². The molecule has 12 heavy (non-hydrogen) atoms. The summed E-state index contributed by atoms with van der Waals surface area (Å²) in [7, 11) is 0. The Hall–Kier alpha value is -1.14. The maximum Gasteiger partial charge on any atom is 0.197 e. The number of carbonyl (C=O) groups is 1. The van der Waals surface area contributed by atoms with E-state index >= 15 is 0 Å². The van der Waals surface area contributed by atoms with Crippen molar-refractivity contribution < 1.29 is 4.79 Å². The van der Waals surface area contributed by atoms with Gasteiger partial charge in [-0.25, -0.2) is 4.85 Å². The monoisotopic (exact) mass is 223 g/mol. The number of hydrogen-bond donors (Lipinski definition) is 0. The number of hydrogen-bond acceptors (Lipinski definition) is 1. The second-order valence-corrected chi connectivity index (χ2v) is 3.25. The Balaban J connectivity index is 3.34. The van der Waals surface area contributed by atoms with Crippen molar-refractivity contribution in [3.63, 3.8) is 0 Å². The molecule has 1 aromatic rings. The standard InChI is InChI=1S/C9H6BrNO/c1-6(12)8-5-7(10)3-4-9(8)11-2/h3-5H,1H3. The fraction of sp³-hybridized carbons (Fsp3) is 0.111. The fourth-order valence-electron chi connectivity index (χ4n) is 0.888. The fourth-order valence-corrected chi connectivity index (χ4v) is 1.25. The van der Waals surface area contributed by atoms with Crippen LogP contribution in [0.2, 0.25) is 0 Å². The molecule has 0 aromatic heterocycles. The van der Waals surface area contributed by atoms with Gasteiger partial charge in [-0.3, -0.25) is 4.79 Å². The molecule has 0 heterocycles. The maximum absolute atomic E-state index is 11.0. The Morgan fingerprint density at radius 2 is 2.25 bits per heavy atom. The first-order chi connectivity index (χ1) is 5.65. The number of benzene rings is 1. The van der Waals surface area contributed by atoms with E-state index in [4.69, 9.17) is 6.57 Å². The van der Waals surface area contributed by atoms with Gasteiger partial charge in [0.2, 0.25) is 0 Å². The Labute approximate surface area is 79.2 Å². The first-order valence-corrected chi connectivity index (χ1v) is 4.12. The summed E-state index contributed by atoms with van der Waals surface area (Å²) in [6, 6.07) is 5.04.